The van der Waals surface area contributed by atoms with E-state index in [0.29, 0.717) is 19.3 Å². The van der Waals surface area contributed by atoms with Gasteiger partial charge in [0.25, 0.3) is 0 Å². The Labute approximate surface area is 382 Å². The van der Waals surface area contributed by atoms with Crippen LogP contribution in [0.4, 0.5) is 0 Å². The molecule has 0 fully saturated rings. The molecule has 0 spiro atoms. The van der Waals surface area contributed by atoms with E-state index in [2.05, 4.69) is 106 Å². The van der Waals surface area contributed by atoms with Gasteiger partial charge in [0, 0.05) is 19.3 Å². The summed E-state index contributed by atoms with van der Waals surface area (Å²) in [6, 6.07) is 0. The van der Waals surface area contributed by atoms with Crippen LogP contribution < -0.4 is 0 Å². The van der Waals surface area contributed by atoms with E-state index >= 15 is 0 Å². The predicted molar refractivity (Wildman–Crippen MR) is 265 cm³/mol. The first-order valence-electron chi connectivity index (χ1n) is 25.6. The first kappa shape index (κ1) is 58.6. The number of carbonyl (C=O) groups is 3. The van der Waals surface area contributed by atoms with Crippen LogP contribution in [0.15, 0.2) is 85.1 Å². The summed E-state index contributed by atoms with van der Waals surface area (Å²) >= 11 is 0. The van der Waals surface area contributed by atoms with Crippen molar-refractivity contribution in [3.8, 4) is 0 Å². The highest BCUT2D eigenvalue weighted by atomic mass is 16.6. The predicted octanol–water partition coefficient (Wildman–Crippen LogP) is 16.8. The number of unbranched alkanes of at least 4 members (excludes halogenated alkanes) is 20. The Hall–Kier alpha value is -3.41. The van der Waals surface area contributed by atoms with Crippen molar-refractivity contribution in [2.75, 3.05) is 13.2 Å². The van der Waals surface area contributed by atoms with Gasteiger partial charge in [-0.25, -0.2) is 0 Å². The minimum Gasteiger partial charge on any atom is -0.462 e. The van der Waals surface area contributed by atoms with Crippen molar-refractivity contribution in [1.29, 1.82) is 0 Å². The molecular formula is C56H94O6. The lowest BCUT2D eigenvalue weighted by molar-refractivity contribution is -0.167. The van der Waals surface area contributed by atoms with Crippen LogP contribution in [0.2, 0.25) is 0 Å². The number of ether oxygens (including phenoxy) is 3. The van der Waals surface area contributed by atoms with Gasteiger partial charge in [-0.3, -0.25) is 14.4 Å². The molecule has 0 aromatic heterocycles. The molecule has 0 N–H and O–H groups in total. The first-order valence-corrected chi connectivity index (χ1v) is 25.6. The zero-order valence-electron chi connectivity index (χ0n) is 40.4. The summed E-state index contributed by atoms with van der Waals surface area (Å²) < 4.78 is 16.7. The Balaban J connectivity index is 4.50. The summed E-state index contributed by atoms with van der Waals surface area (Å²) in [4.78, 5) is 37.9. The lowest BCUT2D eigenvalue weighted by atomic mass is 10.1. The fourth-order valence-corrected chi connectivity index (χ4v) is 6.76. The van der Waals surface area contributed by atoms with Crippen molar-refractivity contribution < 1.29 is 28.6 Å². The van der Waals surface area contributed by atoms with Gasteiger partial charge >= 0.3 is 17.9 Å². The first-order chi connectivity index (χ1) is 30.5. The smallest absolute Gasteiger partial charge is 0.306 e. The van der Waals surface area contributed by atoms with Gasteiger partial charge in [-0.2, -0.15) is 0 Å². The summed E-state index contributed by atoms with van der Waals surface area (Å²) in [5.41, 5.74) is 0. The van der Waals surface area contributed by atoms with Crippen molar-refractivity contribution in [2.24, 2.45) is 0 Å². The molecule has 0 aliphatic heterocycles. The third kappa shape index (κ3) is 47.6. The number of hydrogen-bond acceptors (Lipinski definition) is 6. The molecule has 0 aliphatic rings. The van der Waals surface area contributed by atoms with E-state index in [1.54, 1.807) is 0 Å². The quantitative estimate of drug-likeness (QED) is 0.0263. The van der Waals surface area contributed by atoms with E-state index in [1.165, 1.54) is 83.5 Å². The molecule has 0 aromatic carbocycles. The molecule has 1 atom stereocenters. The second-order valence-electron chi connectivity index (χ2n) is 16.7. The average molecular weight is 863 g/mol. The van der Waals surface area contributed by atoms with Crippen molar-refractivity contribution in [3.05, 3.63) is 85.1 Å². The molecule has 6 heteroatoms. The van der Waals surface area contributed by atoms with Crippen LogP contribution in [-0.4, -0.2) is 37.2 Å². The van der Waals surface area contributed by atoms with Gasteiger partial charge in [-0.1, -0.05) is 189 Å². The summed E-state index contributed by atoms with van der Waals surface area (Å²) in [6.07, 6.45) is 64.3. The van der Waals surface area contributed by atoms with Crippen LogP contribution in [0, 0.1) is 0 Å². The van der Waals surface area contributed by atoms with Crippen molar-refractivity contribution in [3.63, 3.8) is 0 Å². The van der Waals surface area contributed by atoms with E-state index in [4.69, 9.17) is 14.2 Å². The molecule has 0 aromatic rings. The topological polar surface area (TPSA) is 78.9 Å². The van der Waals surface area contributed by atoms with E-state index in [1.807, 2.05) is 0 Å². The maximum Gasteiger partial charge on any atom is 0.306 e. The fourth-order valence-electron chi connectivity index (χ4n) is 6.76. The van der Waals surface area contributed by atoms with Crippen LogP contribution in [0.3, 0.4) is 0 Å². The molecule has 6 nitrogen and oxygen atoms in total. The molecule has 62 heavy (non-hydrogen) atoms. The highest BCUT2D eigenvalue weighted by molar-refractivity contribution is 5.71. The van der Waals surface area contributed by atoms with Gasteiger partial charge < -0.3 is 14.2 Å². The van der Waals surface area contributed by atoms with E-state index in [9.17, 15) is 14.4 Å². The van der Waals surface area contributed by atoms with Gasteiger partial charge in [0.2, 0.25) is 0 Å². The Bertz CT molecular complexity index is 1220. The SMILES string of the molecule is CC/C=C\C/C=C\C/C=C\C/C=C\C/C=C\CCCC(=O)OC[C@@H](COC(=O)CCCCCCC/C=C\CCCCC)OC(=O)CCCCCCC/C=C\CCCCCCCC. The van der Waals surface area contributed by atoms with Crippen LogP contribution in [0.1, 0.15) is 233 Å². The van der Waals surface area contributed by atoms with Gasteiger partial charge in [0.05, 0.1) is 0 Å². The summed E-state index contributed by atoms with van der Waals surface area (Å²) in [6.45, 7) is 6.42. The summed E-state index contributed by atoms with van der Waals surface area (Å²) in [7, 11) is 0. The lowest BCUT2D eigenvalue weighted by Gasteiger charge is -2.18. The Morgan fingerprint density at radius 2 is 0.645 bits per heavy atom. The third-order valence-electron chi connectivity index (χ3n) is 10.6. The molecule has 354 valence electrons. The third-order valence-corrected chi connectivity index (χ3v) is 10.6. The minimum absolute atomic E-state index is 0.102. The van der Waals surface area contributed by atoms with E-state index < -0.39 is 6.10 Å². The fraction of sp³-hybridized carbons (Fsp3) is 0.696. The maximum absolute atomic E-state index is 12.8. The molecule has 0 saturated heterocycles. The van der Waals surface area contributed by atoms with Gasteiger partial charge in [-0.15, -0.1) is 0 Å². The second-order valence-corrected chi connectivity index (χ2v) is 16.7. The standard InChI is InChI=1S/C56H94O6/c1-4-7-10-13-16-19-22-25-27-28-30-31-34-37-40-43-46-49-55(58)61-52-53(51-60-54(57)48-45-42-39-36-33-24-21-18-15-12-9-6-3)62-56(59)50-47-44-41-38-35-32-29-26-23-20-17-14-11-8-5-2/h7,10,16,18-19,21,25-27,29-31,37,40,53H,4-6,8-9,11-15,17,20,22-24,28,32-36,38-39,41-52H2,1-3H3/b10-7-,19-16-,21-18-,27-25-,29-26-,31-30-,40-37-/t53-/m1/s1. The maximum atomic E-state index is 12.8. The second kappa shape index (κ2) is 50.2. The Morgan fingerprint density at radius 3 is 1.10 bits per heavy atom. The molecule has 0 saturated carbocycles. The Kier molecular flexibility index (Phi) is 47.5. The molecule has 0 aliphatic carbocycles. The highest BCUT2D eigenvalue weighted by Gasteiger charge is 2.19. The normalized spacial score (nSPS) is 12.8. The molecule has 0 bridgehead atoms. The summed E-state index contributed by atoms with van der Waals surface area (Å²) in [5.74, 6) is -0.982. The van der Waals surface area contributed by atoms with Gasteiger partial charge in [-0.05, 0) is 109 Å². The number of hydrogen-bond donors (Lipinski definition) is 0. The van der Waals surface area contributed by atoms with Crippen molar-refractivity contribution in [2.45, 2.75) is 239 Å². The number of rotatable bonds is 45. The minimum atomic E-state index is -0.806. The number of carbonyl (C=O) groups excluding carboxylic acids is 3. The van der Waals surface area contributed by atoms with E-state index in [-0.39, 0.29) is 37.5 Å². The molecular weight excluding hydrogens is 769 g/mol. The largest absolute Gasteiger partial charge is 0.462 e. The molecule has 0 heterocycles. The molecule has 0 radical (unpaired) electrons. The monoisotopic (exact) mass is 863 g/mol. The Morgan fingerprint density at radius 1 is 0.339 bits per heavy atom. The van der Waals surface area contributed by atoms with Gasteiger partial charge in [0.1, 0.15) is 13.2 Å². The van der Waals surface area contributed by atoms with Crippen LogP contribution >= 0.6 is 0 Å². The number of allylic oxidation sites excluding steroid dienone is 14. The molecule has 0 rings (SSSR count). The van der Waals surface area contributed by atoms with E-state index in [0.717, 1.165) is 103 Å². The average Bonchev–Trinajstić information content (AvgIpc) is 3.27. The van der Waals surface area contributed by atoms with Crippen LogP contribution in [0.5, 0.6) is 0 Å². The molecule has 0 unspecified atom stereocenters. The van der Waals surface area contributed by atoms with Crippen LogP contribution in [0.25, 0.3) is 0 Å². The van der Waals surface area contributed by atoms with Crippen molar-refractivity contribution >= 4 is 17.9 Å². The molecule has 0 amide bonds. The van der Waals surface area contributed by atoms with Gasteiger partial charge in [0.15, 0.2) is 6.10 Å². The zero-order valence-corrected chi connectivity index (χ0v) is 40.4. The number of esters is 3. The van der Waals surface area contributed by atoms with Crippen molar-refractivity contribution in [1.82, 2.24) is 0 Å². The lowest BCUT2D eigenvalue weighted by Crippen LogP contribution is -2.30. The summed E-state index contributed by atoms with van der Waals surface area (Å²) in [5, 5.41) is 0. The van der Waals surface area contributed by atoms with Crippen LogP contribution in [-0.2, 0) is 28.6 Å². The zero-order chi connectivity index (χ0) is 45.1. The highest BCUT2D eigenvalue weighted by Crippen LogP contribution is 2.13.